The van der Waals surface area contributed by atoms with Crippen LogP contribution in [0.5, 0.6) is 5.75 Å². The summed E-state index contributed by atoms with van der Waals surface area (Å²) in [4.78, 5) is 0. The van der Waals surface area contributed by atoms with E-state index in [0.29, 0.717) is 6.61 Å². The van der Waals surface area contributed by atoms with Gasteiger partial charge in [0.25, 0.3) is 0 Å². The van der Waals surface area contributed by atoms with Crippen LogP contribution in [0.1, 0.15) is 56.2 Å². The Balaban J connectivity index is 2.36. The first-order valence-electron chi connectivity index (χ1n) is 7.67. The standard InChI is InChI=1S/C17H27NO2/c1-4-20-17(10-6-5-7-11-17)16(18)14-12-13(2)8-9-15(14)19-3/h8-9,12,16H,4-7,10-11,18H2,1-3H3. The van der Waals surface area contributed by atoms with E-state index in [2.05, 4.69) is 26.0 Å². The summed E-state index contributed by atoms with van der Waals surface area (Å²) in [7, 11) is 1.70. The fraction of sp³-hybridized carbons (Fsp3) is 0.647. The summed E-state index contributed by atoms with van der Waals surface area (Å²) in [5.41, 5.74) is 8.68. The number of aryl methyl sites for hydroxylation is 1. The number of hydrogen-bond donors (Lipinski definition) is 1. The van der Waals surface area contributed by atoms with Gasteiger partial charge in [0.05, 0.1) is 18.8 Å². The second-order valence-corrected chi connectivity index (χ2v) is 5.78. The fourth-order valence-corrected chi connectivity index (χ4v) is 3.36. The van der Waals surface area contributed by atoms with Gasteiger partial charge < -0.3 is 15.2 Å². The molecular formula is C17H27NO2. The SMILES string of the molecule is CCOC1(C(N)c2cc(C)ccc2OC)CCCCC1. The number of hydrogen-bond acceptors (Lipinski definition) is 3. The first-order valence-corrected chi connectivity index (χ1v) is 7.67. The van der Waals surface area contributed by atoms with Crippen molar-refractivity contribution in [3.8, 4) is 5.75 Å². The van der Waals surface area contributed by atoms with E-state index in [1.807, 2.05) is 6.07 Å². The third-order valence-corrected chi connectivity index (χ3v) is 4.42. The summed E-state index contributed by atoms with van der Waals surface area (Å²) in [5, 5.41) is 0. The molecule has 3 nitrogen and oxygen atoms in total. The van der Waals surface area contributed by atoms with Crippen LogP contribution in [-0.2, 0) is 4.74 Å². The zero-order valence-electron chi connectivity index (χ0n) is 12.9. The van der Waals surface area contributed by atoms with Gasteiger partial charge in [0, 0.05) is 12.2 Å². The van der Waals surface area contributed by atoms with Crippen LogP contribution < -0.4 is 10.5 Å². The Morgan fingerprint density at radius 2 is 1.95 bits per heavy atom. The van der Waals surface area contributed by atoms with Crippen molar-refractivity contribution in [1.29, 1.82) is 0 Å². The van der Waals surface area contributed by atoms with E-state index in [1.165, 1.54) is 24.8 Å². The van der Waals surface area contributed by atoms with Crippen LogP contribution in [0.3, 0.4) is 0 Å². The maximum absolute atomic E-state index is 6.63. The molecule has 1 saturated carbocycles. The van der Waals surface area contributed by atoms with Crippen LogP contribution in [0.2, 0.25) is 0 Å². The lowest BCUT2D eigenvalue weighted by molar-refractivity contribution is -0.0834. The highest BCUT2D eigenvalue weighted by Crippen LogP contribution is 2.42. The van der Waals surface area contributed by atoms with Crippen molar-refractivity contribution in [2.75, 3.05) is 13.7 Å². The van der Waals surface area contributed by atoms with Gasteiger partial charge in [-0.3, -0.25) is 0 Å². The molecule has 20 heavy (non-hydrogen) atoms. The molecule has 2 rings (SSSR count). The quantitative estimate of drug-likeness (QED) is 0.891. The van der Waals surface area contributed by atoms with Crippen molar-refractivity contribution in [2.45, 2.75) is 57.6 Å². The summed E-state index contributed by atoms with van der Waals surface area (Å²) < 4.78 is 11.6. The third kappa shape index (κ3) is 2.99. The lowest BCUT2D eigenvalue weighted by atomic mass is 9.76. The van der Waals surface area contributed by atoms with Crippen LogP contribution in [-0.4, -0.2) is 19.3 Å². The molecule has 2 N–H and O–H groups in total. The molecule has 1 aliphatic rings. The van der Waals surface area contributed by atoms with E-state index in [9.17, 15) is 0 Å². The molecule has 1 aromatic rings. The lowest BCUT2D eigenvalue weighted by Gasteiger charge is -2.42. The zero-order chi connectivity index (χ0) is 14.6. The van der Waals surface area contributed by atoms with Gasteiger partial charge in [0.2, 0.25) is 0 Å². The molecule has 0 amide bonds. The van der Waals surface area contributed by atoms with Crippen molar-refractivity contribution in [2.24, 2.45) is 5.73 Å². The van der Waals surface area contributed by atoms with Gasteiger partial charge in [-0.15, -0.1) is 0 Å². The van der Waals surface area contributed by atoms with Gasteiger partial charge in [-0.2, -0.15) is 0 Å². The van der Waals surface area contributed by atoms with Crippen LogP contribution in [0.4, 0.5) is 0 Å². The Bertz CT molecular complexity index is 433. The Morgan fingerprint density at radius 3 is 2.55 bits per heavy atom. The summed E-state index contributed by atoms with van der Waals surface area (Å²) in [5.74, 6) is 0.868. The van der Waals surface area contributed by atoms with Crippen molar-refractivity contribution in [3.63, 3.8) is 0 Å². The molecule has 112 valence electrons. The Hall–Kier alpha value is -1.06. The Labute approximate surface area is 122 Å². The fourth-order valence-electron chi connectivity index (χ4n) is 3.36. The molecule has 1 atom stereocenters. The number of rotatable bonds is 5. The van der Waals surface area contributed by atoms with Gasteiger partial charge in [0.1, 0.15) is 5.75 Å². The maximum atomic E-state index is 6.63. The molecule has 1 aromatic carbocycles. The van der Waals surface area contributed by atoms with Crippen molar-refractivity contribution in [1.82, 2.24) is 0 Å². The van der Waals surface area contributed by atoms with E-state index >= 15 is 0 Å². The zero-order valence-corrected chi connectivity index (χ0v) is 12.9. The largest absolute Gasteiger partial charge is 0.496 e. The van der Waals surface area contributed by atoms with E-state index < -0.39 is 0 Å². The van der Waals surface area contributed by atoms with E-state index in [-0.39, 0.29) is 11.6 Å². The molecule has 0 heterocycles. The molecule has 0 aromatic heterocycles. The van der Waals surface area contributed by atoms with Crippen LogP contribution in [0, 0.1) is 6.92 Å². The smallest absolute Gasteiger partial charge is 0.123 e. The third-order valence-electron chi connectivity index (χ3n) is 4.42. The topological polar surface area (TPSA) is 44.5 Å². The summed E-state index contributed by atoms with van der Waals surface area (Å²) in [6.07, 6.45) is 5.76. The maximum Gasteiger partial charge on any atom is 0.123 e. The monoisotopic (exact) mass is 277 g/mol. The number of ether oxygens (including phenoxy) is 2. The number of nitrogens with two attached hydrogens (primary N) is 1. The second kappa shape index (κ2) is 6.59. The highest BCUT2D eigenvalue weighted by Gasteiger charge is 2.40. The van der Waals surface area contributed by atoms with E-state index in [1.54, 1.807) is 7.11 Å². The van der Waals surface area contributed by atoms with Gasteiger partial charge in [-0.25, -0.2) is 0 Å². The van der Waals surface area contributed by atoms with Crippen LogP contribution >= 0.6 is 0 Å². The van der Waals surface area contributed by atoms with Crippen molar-refractivity contribution >= 4 is 0 Å². The molecule has 0 aliphatic heterocycles. The Morgan fingerprint density at radius 1 is 1.25 bits per heavy atom. The summed E-state index contributed by atoms with van der Waals surface area (Å²) in [6, 6.07) is 6.08. The molecule has 1 aliphatic carbocycles. The van der Waals surface area contributed by atoms with E-state index in [4.69, 9.17) is 15.2 Å². The first kappa shape index (κ1) is 15.3. The van der Waals surface area contributed by atoms with Gasteiger partial charge >= 0.3 is 0 Å². The van der Waals surface area contributed by atoms with E-state index in [0.717, 1.165) is 24.2 Å². The summed E-state index contributed by atoms with van der Waals surface area (Å²) >= 11 is 0. The highest BCUT2D eigenvalue weighted by molar-refractivity contribution is 5.40. The highest BCUT2D eigenvalue weighted by atomic mass is 16.5. The molecule has 0 saturated heterocycles. The molecule has 0 radical (unpaired) electrons. The molecular weight excluding hydrogens is 250 g/mol. The second-order valence-electron chi connectivity index (χ2n) is 5.78. The minimum atomic E-state index is -0.228. The predicted molar refractivity (Wildman–Crippen MR) is 82.1 cm³/mol. The number of benzene rings is 1. The molecule has 1 fully saturated rings. The number of methoxy groups -OCH3 is 1. The van der Waals surface area contributed by atoms with Crippen LogP contribution in [0.15, 0.2) is 18.2 Å². The first-order chi connectivity index (χ1) is 9.63. The minimum Gasteiger partial charge on any atom is -0.496 e. The van der Waals surface area contributed by atoms with Gasteiger partial charge in [-0.1, -0.05) is 37.0 Å². The van der Waals surface area contributed by atoms with Crippen LogP contribution in [0.25, 0.3) is 0 Å². The Kier molecular flexibility index (Phi) is 5.06. The average Bonchev–Trinajstić information content (AvgIpc) is 2.47. The lowest BCUT2D eigenvalue weighted by Crippen LogP contribution is -2.45. The van der Waals surface area contributed by atoms with Gasteiger partial charge in [-0.05, 0) is 32.8 Å². The molecule has 1 unspecified atom stereocenters. The average molecular weight is 277 g/mol. The van der Waals surface area contributed by atoms with Crippen molar-refractivity contribution < 1.29 is 9.47 Å². The normalized spacial score (nSPS) is 19.6. The van der Waals surface area contributed by atoms with Gasteiger partial charge in [0.15, 0.2) is 0 Å². The molecule has 3 heteroatoms. The molecule has 0 bridgehead atoms. The minimum absolute atomic E-state index is 0.127. The molecule has 0 spiro atoms. The predicted octanol–water partition coefficient (Wildman–Crippen LogP) is 3.74. The van der Waals surface area contributed by atoms with Crippen molar-refractivity contribution in [3.05, 3.63) is 29.3 Å². The summed E-state index contributed by atoms with van der Waals surface area (Å²) in [6.45, 7) is 4.85.